The fourth-order valence-electron chi connectivity index (χ4n) is 4.57. The number of ether oxygens (including phenoxy) is 1. The van der Waals surface area contributed by atoms with Crippen molar-refractivity contribution < 1.29 is 9.84 Å². The maximum Gasteiger partial charge on any atom is 0.120 e. The van der Waals surface area contributed by atoms with Gasteiger partial charge in [-0.3, -0.25) is 9.88 Å². The van der Waals surface area contributed by atoms with E-state index in [1.165, 1.54) is 0 Å². The lowest BCUT2D eigenvalue weighted by molar-refractivity contribution is 0.0551. The van der Waals surface area contributed by atoms with Crippen LogP contribution in [0.15, 0.2) is 42.6 Å². The van der Waals surface area contributed by atoms with E-state index < -0.39 is 0 Å². The summed E-state index contributed by atoms with van der Waals surface area (Å²) in [5.41, 5.74) is 2.01. The van der Waals surface area contributed by atoms with Crippen LogP contribution in [0.1, 0.15) is 51.8 Å². The molecule has 1 saturated heterocycles. The van der Waals surface area contributed by atoms with E-state index in [2.05, 4.69) is 49.0 Å². The lowest BCUT2D eigenvalue weighted by Crippen LogP contribution is -2.62. The Bertz CT molecular complexity index is 774. The Kier molecular flexibility index (Phi) is 5.96. The minimum absolute atomic E-state index is 0.0468. The summed E-state index contributed by atoms with van der Waals surface area (Å²) in [7, 11) is 1.65. The standard InChI is InChI=1S/C23H33N3O2/c1-22(2)13-19(14-23(3,4)25-22)26(16-18-8-6-7-11-24-18)15-17-12-20(28-5)9-10-21(17)27/h6-12,19,25,27H,13-16H2,1-5H3. The van der Waals surface area contributed by atoms with Gasteiger partial charge in [0.15, 0.2) is 0 Å². The second-order valence-electron chi connectivity index (χ2n) is 9.18. The Morgan fingerprint density at radius 1 is 1.11 bits per heavy atom. The van der Waals surface area contributed by atoms with Gasteiger partial charge in [0.1, 0.15) is 11.5 Å². The number of benzene rings is 1. The van der Waals surface area contributed by atoms with Crippen molar-refractivity contribution in [2.24, 2.45) is 0 Å². The molecule has 0 bridgehead atoms. The van der Waals surface area contributed by atoms with Crippen molar-refractivity contribution in [3.8, 4) is 11.5 Å². The van der Waals surface area contributed by atoms with Crippen molar-refractivity contribution >= 4 is 0 Å². The Balaban J connectivity index is 1.91. The molecule has 1 fully saturated rings. The summed E-state index contributed by atoms with van der Waals surface area (Å²) in [6.07, 6.45) is 3.91. The number of piperidine rings is 1. The fraction of sp³-hybridized carbons (Fsp3) is 0.522. The van der Waals surface area contributed by atoms with E-state index in [1.54, 1.807) is 19.2 Å². The molecule has 0 aliphatic carbocycles. The van der Waals surface area contributed by atoms with Gasteiger partial charge in [-0.15, -0.1) is 0 Å². The number of hydrogen-bond donors (Lipinski definition) is 2. The predicted octanol–water partition coefficient (Wildman–Crippen LogP) is 4.11. The molecule has 0 saturated carbocycles. The number of aromatic hydroxyl groups is 1. The highest BCUT2D eigenvalue weighted by Crippen LogP contribution is 2.34. The molecule has 5 nitrogen and oxygen atoms in total. The second kappa shape index (κ2) is 8.10. The number of hydrogen-bond acceptors (Lipinski definition) is 5. The molecule has 5 heteroatoms. The van der Waals surface area contributed by atoms with Crippen molar-refractivity contribution in [2.75, 3.05) is 7.11 Å². The molecule has 0 unspecified atom stereocenters. The molecule has 28 heavy (non-hydrogen) atoms. The van der Waals surface area contributed by atoms with Gasteiger partial charge in [0.25, 0.3) is 0 Å². The van der Waals surface area contributed by atoms with Crippen LogP contribution < -0.4 is 10.1 Å². The van der Waals surface area contributed by atoms with Gasteiger partial charge in [-0.25, -0.2) is 0 Å². The van der Waals surface area contributed by atoms with Crippen molar-refractivity contribution in [1.82, 2.24) is 15.2 Å². The van der Waals surface area contributed by atoms with Crippen LogP contribution in [0.3, 0.4) is 0 Å². The average Bonchev–Trinajstić information content (AvgIpc) is 2.61. The smallest absolute Gasteiger partial charge is 0.120 e. The molecule has 1 aromatic heterocycles. The molecule has 0 atom stereocenters. The Morgan fingerprint density at radius 2 is 1.82 bits per heavy atom. The van der Waals surface area contributed by atoms with Gasteiger partial charge in [-0.1, -0.05) is 6.07 Å². The third-order valence-electron chi connectivity index (χ3n) is 5.44. The number of pyridine rings is 1. The van der Waals surface area contributed by atoms with Crippen LogP contribution in [0.2, 0.25) is 0 Å². The lowest BCUT2D eigenvalue weighted by Gasteiger charge is -2.49. The first kappa shape index (κ1) is 20.6. The lowest BCUT2D eigenvalue weighted by atomic mass is 9.79. The summed E-state index contributed by atoms with van der Waals surface area (Å²) in [4.78, 5) is 6.98. The number of phenolic OH excluding ortho intramolecular Hbond substituents is 1. The zero-order valence-corrected chi connectivity index (χ0v) is 17.7. The van der Waals surface area contributed by atoms with Crippen molar-refractivity contribution in [3.63, 3.8) is 0 Å². The average molecular weight is 384 g/mol. The molecule has 3 rings (SSSR count). The van der Waals surface area contributed by atoms with E-state index in [0.29, 0.717) is 18.3 Å². The molecule has 0 radical (unpaired) electrons. The number of nitrogens with one attached hydrogen (secondary N) is 1. The van der Waals surface area contributed by atoms with Crippen molar-refractivity contribution in [1.29, 1.82) is 0 Å². The Morgan fingerprint density at radius 3 is 2.43 bits per heavy atom. The molecule has 1 aliphatic heterocycles. The van der Waals surface area contributed by atoms with Gasteiger partial charge in [0, 0.05) is 42.0 Å². The molecule has 1 aliphatic rings. The van der Waals surface area contributed by atoms with E-state index >= 15 is 0 Å². The topological polar surface area (TPSA) is 57.6 Å². The SMILES string of the molecule is COc1ccc(O)c(CN(Cc2ccccn2)C2CC(C)(C)NC(C)(C)C2)c1. The summed E-state index contributed by atoms with van der Waals surface area (Å²) in [5, 5.41) is 14.2. The maximum absolute atomic E-state index is 10.4. The largest absolute Gasteiger partial charge is 0.508 e. The monoisotopic (exact) mass is 383 g/mol. The minimum Gasteiger partial charge on any atom is -0.508 e. The number of rotatable bonds is 6. The molecule has 2 heterocycles. The molecule has 2 N–H and O–H groups in total. The highest BCUT2D eigenvalue weighted by molar-refractivity contribution is 5.39. The first-order valence-corrected chi connectivity index (χ1v) is 9.97. The molecule has 1 aromatic carbocycles. The first-order valence-electron chi connectivity index (χ1n) is 9.97. The minimum atomic E-state index is 0.0468. The summed E-state index contributed by atoms with van der Waals surface area (Å²) >= 11 is 0. The van der Waals surface area contributed by atoms with Crippen molar-refractivity contribution in [2.45, 2.75) is 70.7 Å². The summed E-state index contributed by atoms with van der Waals surface area (Å²) in [6.45, 7) is 10.5. The Labute approximate surface area is 168 Å². The predicted molar refractivity (Wildman–Crippen MR) is 112 cm³/mol. The molecule has 0 amide bonds. The van der Waals surface area contributed by atoms with E-state index in [1.807, 2.05) is 24.4 Å². The summed E-state index contributed by atoms with van der Waals surface area (Å²) < 4.78 is 5.37. The van der Waals surface area contributed by atoms with E-state index in [9.17, 15) is 5.11 Å². The third kappa shape index (κ3) is 5.24. The highest BCUT2D eigenvalue weighted by Gasteiger charge is 2.40. The van der Waals surface area contributed by atoms with Gasteiger partial charge in [0.2, 0.25) is 0 Å². The number of nitrogens with zero attached hydrogens (tertiary/aromatic N) is 2. The van der Waals surface area contributed by atoms with Crippen LogP contribution >= 0.6 is 0 Å². The summed E-state index contributed by atoms with van der Waals surface area (Å²) in [5.74, 6) is 1.07. The van der Waals surface area contributed by atoms with Crippen LogP contribution in [-0.4, -0.2) is 39.2 Å². The highest BCUT2D eigenvalue weighted by atomic mass is 16.5. The first-order chi connectivity index (χ1) is 13.2. The zero-order chi connectivity index (χ0) is 20.4. The molecular weight excluding hydrogens is 350 g/mol. The third-order valence-corrected chi connectivity index (χ3v) is 5.44. The van der Waals surface area contributed by atoms with Gasteiger partial charge in [-0.05, 0) is 70.9 Å². The molecular formula is C23H33N3O2. The van der Waals surface area contributed by atoms with E-state index in [4.69, 9.17) is 4.74 Å². The summed E-state index contributed by atoms with van der Waals surface area (Å²) in [6, 6.07) is 11.8. The van der Waals surface area contributed by atoms with Gasteiger partial charge < -0.3 is 15.2 Å². The quantitative estimate of drug-likeness (QED) is 0.786. The maximum atomic E-state index is 10.4. The van der Waals surface area contributed by atoms with Crippen LogP contribution in [0.25, 0.3) is 0 Å². The van der Waals surface area contributed by atoms with Gasteiger partial charge >= 0.3 is 0 Å². The number of methoxy groups -OCH3 is 1. The van der Waals surface area contributed by atoms with Crippen LogP contribution in [-0.2, 0) is 13.1 Å². The number of phenols is 1. The van der Waals surface area contributed by atoms with E-state index in [0.717, 1.165) is 36.4 Å². The fourth-order valence-corrected chi connectivity index (χ4v) is 4.57. The molecule has 152 valence electrons. The van der Waals surface area contributed by atoms with Crippen molar-refractivity contribution in [3.05, 3.63) is 53.9 Å². The molecule has 0 spiro atoms. The second-order valence-corrected chi connectivity index (χ2v) is 9.18. The normalized spacial score (nSPS) is 18.9. The van der Waals surface area contributed by atoms with Crippen LogP contribution in [0, 0.1) is 0 Å². The van der Waals surface area contributed by atoms with Gasteiger partial charge in [0.05, 0.1) is 12.8 Å². The molecule has 2 aromatic rings. The van der Waals surface area contributed by atoms with E-state index in [-0.39, 0.29) is 11.1 Å². The van der Waals surface area contributed by atoms with Gasteiger partial charge in [-0.2, -0.15) is 0 Å². The van der Waals surface area contributed by atoms with Crippen LogP contribution in [0.5, 0.6) is 11.5 Å². The zero-order valence-electron chi connectivity index (χ0n) is 17.7. The Hall–Kier alpha value is -2.11. The van der Waals surface area contributed by atoms with Crippen LogP contribution in [0.4, 0.5) is 0 Å². The number of aromatic nitrogens is 1.